The van der Waals surface area contributed by atoms with Crippen LogP contribution in [0.5, 0.6) is 0 Å². The second kappa shape index (κ2) is 10.8. The van der Waals surface area contributed by atoms with Crippen LogP contribution in [0.3, 0.4) is 0 Å². The van der Waals surface area contributed by atoms with Gasteiger partial charge >= 0.3 is 0 Å². The Morgan fingerprint density at radius 1 is 0.434 bits per heavy atom. The molecule has 12 rings (SSSR count). The first kappa shape index (κ1) is 28.8. The zero-order chi connectivity index (χ0) is 34.6. The van der Waals surface area contributed by atoms with Crippen molar-refractivity contribution in [2.75, 3.05) is 0 Å². The zero-order valence-electron chi connectivity index (χ0n) is 28.4. The molecule has 0 amide bonds. The Balaban J connectivity index is 1.29. The van der Waals surface area contributed by atoms with E-state index < -0.39 is 0 Å². The number of nitrogens with zero attached hydrogens (tertiary/aromatic N) is 4. The second-order valence-electron chi connectivity index (χ2n) is 13.8. The highest BCUT2D eigenvalue weighted by Gasteiger charge is 2.23. The standard InChI is InChI=1S/C48H28N4S/c1-3-14-30(15-4-1)45-36-20-9-11-21-39(36)49-48(50-45)52-40-26-23-29-13-7-8-18-32(29)44(40)38-27-37-34-24-25-35-33-19-10-12-22-43(33)53-47(35)46(34)51(41(37)28-42(38)52)31-16-5-2-6-17-31/h1-28H. The van der Waals surface area contributed by atoms with Crippen molar-refractivity contribution in [3.8, 4) is 22.9 Å². The van der Waals surface area contributed by atoms with Crippen LogP contribution in [-0.4, -0.2) is 19.1 Å². The summed E-state index contributed by atoms with van der Waals surface area (Å²) in [6, 6.07) is 61.0. The van der Waals surface area contributed by atoms with Crippen LogP contribution in [0, 0.1) is 0 Å². The first-order chi connectivity index (χ1) is 26.3. The van der Waals surface area contributed by atoms with E-state index in [9.17, 15) is 0 Å². The van der Waals surface area contributed by atoms with E-state index in [2.05, 4.69) is 179 Å². The number of para-hydroxylation sites is 2. The molecule has 0 N–H and O–H groups in total. The summed E-state index contributed by atoms with van der Waals surface area (Å²) in [5.74, 6) is 0.659. The van der Waals surface area contributed by atoms with Gasteiger partial charge in [0.1, 0.15) is 0 Å². The normalized spacial score (nSPS) is 12.2. The number of hydrogen-bond acceptors (Lipinski definition) is 3. The molecule has 8 aromatic carbocycles. The number of aromatic nitrogens is 4. The lowest BCUT2D eigenvalue weighted by atomic mass is 10.0. The molecule has 0 atom stereocenters. The van der Waals surface area contributed by atoms with Gasteiger partial charge in [-0.2, -0.15) is 0 Å². The molecule has 0 aliphatic heterocycles. The number of benzene rings is 8. The van der Waals surface area contributed by atoms with Gasteiger partial charge in [-0.1, -0.05) is 127 Å². The molecule has 0 aliphatic carbocycles. The number of thiophene rings is 1. The van der Waals surface area contributed by atoms with E-state index >= 15 is 0 Å². The Kier molecular flexibility index (Phi) is 5.90. The summed E-state index contributed by atoms with van der Waals surface area (Å²) in [5.41, 5.74) is 8.60. The summed E-state index contributed by atoms with van der Waals surface area (Å²) in [7, 11) is 0. The summed E-state index contributed by atoms with van der Waals surface area (Å²) in [6.45, 7) is 0. The van der Waals surface area contributed by atoms with Crippen molar-refractivity contribution >= 4 is 96.8 Å². The molecule has 0 aliphatic rings. The number of rotatable bonds is 3. The largest absolute Gasteiger partial charge is 0.308 e. The van der Waals surface area contributed by atoms with Gasteiger partial charge in [0, 0.05) is 53.7 Å². The Bertz CT molecular complexity index is 3450. The van der Waals surface area contributed by atoms with Gasteiger partial charge in [0.05, 0.1) is 38.0 Å². The van der Waals surface area contributed by atoms with Gasteiger partial charge in [-0.3, -0.25) is 4.57 Å². The molecule has 4 aromatic heterocycles. The summed E-state index contributed by atoms with van der Waals surface area (Å²) in [4.78, 5) is 10.7. The van der Waals surface area contributed by atoms with Crippen LogP contribution < -0.4 is 0 Å². The predicted octanol–water partition coefficient (Wildman–Crippen LogP) is 13.0. The molecule has 0 radical (unpaired) electrons. The monoisotopic (exact) mass is 692 g/mol. The minimum atomic E-state index is 0.659. The molecule has 12 aromatic rings. The molecule has 4 nitrogen and oxygen atoms in total. The van der Waals surface area contributed by atoms with Crippen LogP contribution in [-0.2, 0) is 0 Å². The van der Waals surface area contributed by atoms with Crippen molar-refractivity contribution in [1.29, 1.82) is 0 Å². The fourth-order valence-electron chi connectivity index (χ4n) is 8.60. The van der Waals surface area contributed by atoms with E-state index in [4.69, 9.17) is 9.97 Å². The molecule has 0 spiro atoms. The second-order valence-corrected chi connectivity index (χ2v) is 14.8. The predicted molar refractivity (Wildman–Crippen MR) is 224 cm³/mol. The molecule has 0 unspecified atom stereocenters. The Hall–Kier alpha value is -6.82. The maximum Gasteiger partial charge on any atom is 0.235 e. The van der Waals surface area contributed by atoms with Gasteiger partial charge in [-0.15, -0.1) is 11.3 Å². The zero-order valence-corrected chi connectivity index (χ0v) is 29.2. The van der Waals surface area contributed by atoms with Crippen molar-refractivity contribution < 1.29 is 0 Å². The molecular weight excluding hydrogens is 665 g/mol. The summed E-state index contributed by atoms with van der Waals surface area (Å²) < 4.78 is 7.37. The van der Waals surface area contributed by atoms with Crippen LogP contribution in [0.25, 0.3) is 108 Å². The lowest BCUT2D eigenvalue weighted by molar-refractivity contribution is 1.01. The lowest BCUT2D eigenvalue weighted by Gasteiger charge is -2.12. The fraction of sp³-hybridized carbons (Fsp3) is 0. The van der Waals surface area contributed by atoms with E-state index in [-0.39, 0.29) is 0 Å². The SMILES string of the molecule is c1ccc(-c2nc(-n3c4cc5c(cc4c4c6ccccc6ccc43)c3ccc4c6ccccc6sc4c3n5-c3ccccc3)nc3ccccc23)cc1. The third-order valence-corrected chi connectivity index (χ3v) is 12.1. The quantitative estimate of drug-likeness (QED) is 0.185. The first-order valence-corrected chi connectivity index (χ1v) is 18.7. The molecule has 0 bridgehead atoms. The van der Waals surface area contributed by atoms with Crippen molar-refractivity contribution in [3.05, 3.63) is 170 Å². The minimum absolute atomic E-state index is 0.659. The highest BCUT2D eigenvalue weighted by atomic mass is 32.1. The lowest BCUT2D eigenvalue weighted by Crippen LogP contribution is -2.03. The molecule has 0 saturated carbocycles. The molecular formula is C48H28N4S. The highest BCUT2D eigenvalue weighted by molar-refractivity contribution is 7.26. The van der Waals surface area contributed by atoms with E-state index in [1.807, 2.05) is 11.3 Å². The highest BCUT2D eigenvalue weighted by Crippen LogP contribution is 2.46. The van der Waals surface area contributed by atoms with Gasteiger partial charge in [-0.25, -0.2) is 9.97 Å². The van der Waals surface area contributed by atoms with Gasteiger partial charge in [-0.05, 0) is 53.2 Å². The van der Waals surface area contributed by atoms with Crippen molar-refractivity contribution in [2.24, 2.45) is 0 Å². The number of hydrogen-bond donors (Lipinski definition) is 0. The maximum absolute atomic E-state index is 5.41. The van der Waals surface area contributed by atoms with E-state index in [0.29, 0.717) is 5.95 Å². The third kappa shape index (κ3) is 4.05. The van der Waals surface area contributed by atoms with E-state index in [1.54, 1.807) is 0 Å². The van der Waals surface area contributed by atoms with Crippen LogP contribution in [0.1, 0.15) is 0 Å². The molecule has 5 heteroatoms. The molecule has 246 valence electrons. The van der Waals surface area contributed by atoms with Crippen LogP contribution in [0.2, 0.25) is 0 Å². The first-order valence-electron chi connectivity index (χ1n) is 17.9. The maximum atomic E-state index is 5.41. The minimum Gasteiger partial charge on any atom is -0.308 e. The average Bonchev–Trinajstić information content (AvgIpc) is 3.87. The Morgan fingerprint density at radius 3 is 2.00 bits per heavy atom. The van der Waals surface area contributed by atoms with Crippen molar-refractivity contribution in [2.45, 2.75) is 0 Å². The third-order valence-electron chi connectivity index (χ3n) is 10.9. The van der Waals surface area contributed by atoms with Crippen LogP contribution >= 0.6 is 11.3 Å². The van der Waals surface area contributed by atoms with Gasteiger partial charge in [0.15, 0.2) is 0 Å². The van der Waals surface area contributed by atoms with Crippen LogP contribution in [0.15, 0.2) is 170 Å². The summed E-state index contributed by atoms with van der Waals surface area (Å²) in [6.07, 6.45) is 0. The van der Waals surface area contributed by atoms with Gasteiger partial charge in [0.25, 0.3) is 0 Å². The Labute approximate surface area is 307 Å². The van der Waals surface area contributed by atoms with E-state index in [0.717, 1.165) is 44.4 Å². The fourth-order valence-corrected chi connectivity index (χ4v) is 9.84. The topological polar surface area (TPSA) is 35.6 Å². The van der Waals surface area contributed by atoms with Crippen molar-refractivity contribution in [3.63, 3.8) is 0 Å². The Morgan fingerprint density at radius 2 is 1.13 bits per heavy atom. The van der Waals surface area contributed by atoms with Crippen LogP contribution in [0.4, 0.5) is 0 Å². The van der Waals surface area contributed by atoms with Gasteiger partial charge < -0.3 is 4.57 Å². The molecule has 0 fully saturated rings. The van der Waals surface area contributed by atoms with Crippen molar-refractivity contribution in [1.82, 2.24) is 19.1 Å². The summed E-state index contributed by atoms with van der Waals surface area (Å²) in [5, 5.41) is 10.9. The number of fused-ring (bicyclic) bond motifs is 13. The van der Waals surface area contributed by atoms with Gasteiger partial charge in [0.2, 0.25) is 5.95 Å². The smallest absolute Gasteiger partial charge is 0.235 e. The average molecular weight is 693 g/mol. The summed E-state index contributed by atoms with van der Waals surface area (Å²) >= 11 is 1.88. The molecule has 53 heavy (non-hydrogen) atoms. The van der Waals surface area contributed by atoms with E-state index in [1.165, 1.54) is 58.0 Å². The molecule has 0 saturated heterocycles. The molecule has 4 heterocycles.